The molecule has 0 atom stereocenters. The lowest BCUT2D eigenvalue weighted by molar-refractivity contribution is 0.256. The molecule has 0 unspecified atom stereocenters. The zero-order valence-electron chi connectivity index (χ0n) is 22.6. The zero-order valence-corrected chi connectivity index (χ0v) is 24.2. The number of hydrogen-bond donors (Lipinski definition) is 1. The number of piperidine rings is 1. The van der Waals surface area contributed by atoms with Crippen LogP contribution in [-0.2, 0) is 18.3 Å². The van der Waals surface area contributed by atoms with Gasteiger partial charge in [-0.3, -0.25) is 0 Å². The Kier molecular flexibility index (Phi) is 10.3. The Labute approximate surface area is 236 Å². The van der Waals surface area contributed by atoms with Crippen molar-refractivity contribution in [3.63, 3.8) is 0 Å². The molecule has 2 aliphatic rings. The minimum atomic E-state index is 0. The lowest BCUT2D eigenvalue weighted by atomic mass is 9.86. The molecule has 0 aromatic heterocycles. The van der Waals surface area contributed by atoms with E-state index in [-0.39, 0.29) is 30.2 Å². The van der Waals surface area contributed by atoms with Crippen LogP contribution in [0.15, 0.2) is 78.4 Å². The van der Waals surface area contributed by atoms with Gasteiger partial charge in [-0.2, -0.15) is 0 Å². The SMILES string of the molecule is CC(C)(C)c1ccc(NCCCN2CCC(=C3c4ccccc4CCc4ccccc43)CC2)cc1.Cl.Cl. The van der Waals surface area contributed by atoms with Gasteiger partial charge in [0, 0.05) is 25.3 Å². The van der Waals surface area contributed by atoms with Crippen LogP contribution < -0.4 is 5.32 Å². The molecule has 1 saturated heterocycles. The summed E-state index contributed by atoms with van der Waals surface area (Å²) >= 11 is 0. The molecule has 3 aromatic carbocycles. The van der Waals surface area contributed by atoms with Crippen LogP contribution >= 0.6 is 24.8 Å². The Balaban J connectivity index is 0.00000190. The van der Waals surface area contributed by atoms with Gasteiger partial charge in [0.25, 0.3) is 0 Å². The third kappa shape index (κ3) is 6.99. The minimum Gasteiger partial charge on any atom is -0.385 e. The van der Waals surface area contributed by atoms with Crippen molar-refractivity contribution < 1.29 is 0 Å². The number of nitrogens with one attached hydrogen (secondary N) is 1. The molecular weight excluding hydrogens is 495 g/mol. The number of likely N-dealkylation sites (tertiary alicyclic amines) is 1. The predicted octanol–water partition coefficient (Wildman–Crippen LogP) is 8.33. The zero-order chi connectivity index (χ0) is 24.3. The van der Waals surface area contributed by atoms with E-state index >= 15 is 0 Å². The molecule has 1 N–H and O–H groups in total. The smallest absolute Gasteiger partial charge is 0.0340 e. The average molecular weight is 538 g/mol. The van der Waals surface area contributed by atoms with Gasteiger partial charge in [0.2, 0.25) is 0 Å². The Hall–Kier alpha value is -2.26. The van der Waals surface area contributed by atoms with Crippen LogP contribution in [0.3, 0.4) is 0 Å². The van der Waals surface area contributed by atoms with Crippen LogP contribution in [-0.4, -0.2) is 31.1 Å². The number of hydrogen-bond acceptors (Lipinski definition) is 2. The van der Waals surface area contributed by atoms with Crippen LogP contribution in [0.1, 0.15) is 67.9 Å². The second-order valence-electron chi connectivity index (χ2n) is 11.2. The van der Waals surface area contributed by atoms with E-state index in [4.69, 9.17) is 0 Å². The van der Waals surface area contributed by atoms with Gasteiger partial charge < -0.3 is 10.2 Å². The summed E-state index contributed by atoms with van der Waals surface area (Å²) in [6.45, 7) is 11.3. The van der Waals surface area contributed by atoms with Gasteiger partial charge in [-0.05, 0) is 89.6 Å². The lowest BCUT2D eigenvalue weighted by Crippen LogP contribution is -2.32. The molecule has 4 heteroatoms. The number of rotatable bonds is 5. The molecule has 2 nitrogen and oxygen atoms in total. The fourth-order valence-corrected chi connectivity index (χ4v) is 5.68. The summed E-state index contributed by atoms with van der Waals surface area (Å²) in [5.74, 6) is 0. The van der Waals surface area contributed by atoms with Crippen molar-refractivity contribution in [3.8, 4) is 0 Å². The predicted molar refractivity (Wildman–Crippen MR) is 165 cm³/mol. The Bertz CT molecular complexity index is 1130. The molecule has 0 amide bonds. The summed E-state index contributed by atoms with van der Waals surface area (Å²) in [4.78, 5) is 2.66. The molecule has 1 heterocycles. The van der Waals surface area contributed by atoms with Crippen LogP contribution in [0.5, 0.6) is 0 Å². The molecule has 0 spiro atoms. The largest absolute Gasteiger partial charge is 0.385 e. The summed E-state index contributed by atoms with van der Waals surface area (Å²) in [6.07, 6.45) is 5.82. The van der Waals surface area contributed by atoms with E-state index in [1.165, 1.54) is 78.0 Å². The van der Waals surface area contributed by atoms with E-state index in [0.29, 0.717) is 0 Å². The standard InChI is InChI=1S/C33H40N2.2ClH/c1-33(2,3)28-15-17-29(18-16-28)34-21-8-22-35-23-19-27(20-24-35)32-30-11-6-4-9-25(30)13-14-26-10-5-7-12-31(26)32;;/h4-7,9-12,15-18,34H,8,13-14,19-24H2,1-3H3;2*1H. The third-order valence-corrected chi connectivity index (χ3v) is 7.78. The van der Waals surface area contributed by atoms with Gasteiger partial charge in [0.15, 0.2) is 0 Å². The van der Waals surface area contributed by atoms with Crippen LogP contribution in [0, 0.1) is 0 Å². The summed E-state index contributed by atoms with van der Waals surface area (Å²) < 4.78 is 0. The van der Waals surface area contributed by atoms with Crippen molar-refractivity contribution in [3.05, 3.63) is 106 Å². The topological polar surface area (TPSA) is 15.3 Å². The van der Waals surface area contributed by atoms with Crippen LogP contribution in [0.25, 0.3) is 5.57 Å². The first-order chi connectivity index (χ1) is 17.0. The van der Waals surface area contributed by atoms with E-state index in [1.807, 2.05) is 0 Å². The molecular formula is C33H42Cl2N2. The fourth-order valence-electron chi connectivity index (χ4n) is 5.68. The summed E-state index contributed by atoms with van der Waals surface area (Å²) in [5, 5.41) is 3.62. The second-order valence-corrected chi connectivity index (χ2v) is 11.2. The number of aryl methyl sites for hydroxylation is 2. The monoisotopic (exact) mass is 536 g/mol. The lowest BCUT2D eigenvalue weighted by Gasteiger charge is -2.30. The normalized spacial score (nSPS) is 15.5. The first kappa shape index (κ1) is 29.3. The maximum atomic E-state index is 3.62. The van der Waals surface area contributed by atoms with Gasteiger partial charge in [-0.15, -0.1) is 24.8 Å². The first-order valence-corrected chi connectivity index (χ1v) is 13.4. The highest BCUT2D eigenvalue weighted by Crippen LogP contribution is 2.38. The van der Waals surface area contributed by atoms with Gasteiger partial charge in [0.05, 0.1) is 0 Å². The molecule has 1 aliphatic carbocycles. The minimum absolute atomic E-state index is 0. The molecule has 0 bridgehead atoms. The molecule has 0 radical (unpaired) electrons. The van der Waals surface area contributed by atoms with Gasteiger partial charge in [-0.1, -0.05) is 87.0 Å². The van der Waals surface area contributed by atoms with Crippen LogP contribution in [0.4, 0.5) is 5.69 Å². The fraction of sp³-hybridized carbons (Fsp3) is 0.394. The highest BCUT2D eigenvalue weighted by Gasteiger charge is 2.23. The maximum Gasteiger partial charge on any atom is 0.0340 e. The Morgan fingerprint density at radius 1 is 0.703 bits per heavy atom. The quantitative estimate of drug-likeness (QED) is 0.329. The average Bonchev–Trinajstić information content (AvgIpc) is 3.04. The number of fused-ring (bicyclic) bond motifs is 2. The van der Waals surface area contributed by atoms with E-state index in [0.717, 1.165) is 19.4 Å². The summed E-state index contributed by atoms with van der Waals surface area (Å²) in [5.41, 5.74) is 12.0. The van der Waals surface area contributed by atoms with E-state index in [2.05, 4.69) is 104 Å². The van der Waals surface area contributed by atoms with Crippen molar-refractivity contribution in [2.24, 2.45) is 0 Å². The number of halogens is 2. The molecule has 0 saturated carbocycles. The van der Waals surface area contributed by atoms with Crippen molar-refractivity contribution in [2.45, 2.75) is 58.3 Å². The van der Waals surface area contributed by atoms with Crippen molar-refractivity contribution in [1.82, 2.24) is 4.90 Å². The second kappa shape index (κ2) is 13.0. The third-order valence-electron chi connectivity index (χ3n) is 7.78. The van der Waals surface area contributed by atoms with Crippen molar-refractivity contribution >= 4 is 36.1 Å². The number of benzene rings is 3. The summed E-state index contributed by atoms with van der Waals surface area (Å²) in [7, 11) is 0. The molecule has 1 fully saturated rings. The Morgan fingerprint density at radius 3 is 1.78 bits per heavy atom. The van der Waals surface area contributed by atoms with E-state index in [9.17, 15) is 0 Å². The highest BCUT2D eigenvalue weighted by atomic mass is 35.5. The Morgan fingerprint density at radius 2 is 1.24 bits per heavy atom. The molecule has 198 valence electrons. The molecule has 3 aromatic rings. The van der Waals surface area contributed by atoms with Crippen molar-refractivity contribution in [1.29, 1.82) is 0 Å². The van der Waals surface area contributed by atoms with Crippen LogP contribution in [0.2, 0.25) is 0 Å². The number of nitrogens with zero attached hydrogens (tertiary/aromatic N) is 1. The molecule has 37 heavy (non-hydrogen) atoms. The maximum absolute atomic E-state index is 3.62. The van der Waals surface area contributed by atoms with Crippen molar-refractivity contribution in [2.75, 3.05) is 31.5 Å². The van der Waals surface area contributed by atoms with E-state index < -0.39 is 0 Å². The van der Waals surface area contributed by atoms with Gasteiger partial charge in [0.1, 0.15) is 0 Å². The van der Waals surface area contributed by atoms with Gasteiger partial charge in [-0.25, -0.2) is 0 Å². The highest BCUT2D eigenvalue weighted by molar-refractivity contribution is 5.86. The molecule has 1 aliphatic heterocycles. The molecule has 5 rings (SSSR count). The number of anilines is 1. The van der Waals surface area contributed by atoms with E-state index in [1.54, 1.807) is 5.57 Å². The summed E-state index contributed by atoms with van der Waals surface area (Å²) in [6, 6.07) is 27.2. The van der Waals surface area contributed by atoms with Gasteiger partial charge >= 0.3 is 0 Å². The first-order valence-electron chi connectivity index (χ1n) is 13.4.